The van der Waals surface area contributed by atoms with E-state index < -0.39 is 10.1 Å². The Balaban J connectivity index is 0.000000220. The molecule has 9 heteroatoms. The quantitative estimate of drug-likeness (QED) is 0.0606. The fourth-order valence-electron chi connectivity index (χ4n) is 8.28. The van der Waals surface area contributed by atoms with Gasteiger partial charge in [0, 0.05) is 43.6 Å². The van der Waals surface area contributed by atoms with Crippen LogP contribution in [0.15, 0.2) is 190 Å². The first kappa shape index (κ1) is 50.4. The van der Waals surface area contributed by atoms with Crippen LogP contribution in [-0.2, 0) is 36.2 Å². The number of nitrogens with zero attached hydrogens (tertiary/aromatic N) is 1. The van der Waals surface area contributed by atoms with Crippen molar-refractivity contribution in [3.8, 4) is 22.6 Å². The molecular weight excluding hydrogens is 971 g/mol. The average Bonchev–Trinajstić information content (AvgIpc) is 3.32. The Morgan fingerprint density at radius 3 is 1.56 bits per heavy atom. The highest BCUT2D eigenvalue weighted by atomic mass is 79.9. The number of hydrogen-bond acceptors (Lipinski definition) is 5. The molecular formula is C57H61Br2NO5S. The lowest BCUT2D eigenvalue weighted by atomic mass is 9.87. The van der Waals surface area contributed by atoms with Gasteiger partial charge in [0.15, 0.2) is 0 Å². The summed E-state index contributed by atoms with van der Waals surface area (Å²) in [7, 11) is -4.43. The van der Waals surface area contributed by atoms with Crippen LogP contribution in [0.2, 0.25) is 0 Å². The predicted octanol–water partition coefficient (Wildman–Crippen LogP) is 15.2. The molecule has 6 nitrogen and oxygen atoms in total. The smallest absolute Gasteiger partial charge is 0.295 e. The summed E-state index contributed by atoms with van der Waals surface area (Å²) in [5.41, 5.74) is 8.11. The van der Waals surface area contributed by atoms with Gasteiger partial charge in [0.2, 0.25) is 0 Å². The number of halogens is 2. The molecule has 7 aromatic carbocycles. The molecule has 0 saturated heterocycles. The van der Waals surface area contributed by atoms with Crippen LogP contribution in [-0.4, -0.2) is 36.5 Å². The molecule has 1 unspecified atom stereocenters. The molecule has 0 spiro atoms. The second-order valence-electron chi connectivity index (χ2n) is 17.0. The molecule has 0 bridgehead atoms. The second kappa shape index (κ2) is 25.2. The number of ether oxygens (including phenoxy) is 2. The van der Waals surface area contributed by atoms with Crippen molar-refractivity contribution in [1.82, 2.24) is 4.90 Å². The highest BCUT2D eigenvalue weighted by molar-refractivity contribution is 9.10. The fraction of sp³-hybridized carbons (Fsp3) is 0.263. The van der Waals surface area contributed by atoms with Gasteiger partial charge in [-0.1, -0.05) is 159 Å². The van der Waals surface area contributed by atoms with Gasteiger partial charge in [-0.15, -0.1) is 0 Å². The zero-order chi connectivity index (χ0) is 46.9. The molecule has 7 aromatic rings. The minimum Gasteiger partial charge on any atom is -0.489 e. The molecule has 0 aromatic heterocycles. The first-order chi connectivity index (χ1) is 31.9. The zero-order valence-corrected chi connectivity index (χ0v) is 42.3. The Kier molecular flexibility index (Phi) is 19.2. The minimum atomic E-state index is -4.43. The Morgan fingerprint density at radius 1 is 0.530 bits per heavy atom. The van der Waals surface area contributed by atoms with Gasteiger partial charge in [-0.05, 0) is 143 Å². The van der Waals surface area contributed by atoms with Crippen LogP contribution in [0.5, 0.6) is 11.5 Å². The monoisotopic (exact) mass is 1030 g/mol. The molecule has 344 valence electrons. The van der Waals surface area contributed by atoms with Gasteiger partial charge in [0.05, 0.1) is 0 Å². The van der Waals surface area contributed by atoms with E-state index in [1.54, 1.807) is 6.07 Å². The van der Waals surface area contributed by atoms with Crippen molar-refractivity contribution in [2.45, 2.75) is 95.9 Å². The molecule has 0 radical (unpaired) electrons. The van der Waals surface area contributed by atoms with Gasteiger partial charge in [0.25, 0.3) is 10.1 Å². The standard InChI is InChI=1S/C29H27BrO4S.C28H34BrNO/c30-25-16-17-28(34-21-24-13-5-2-6-14-24)26(20-25)27-19-23(15-18-29(27)35(31,32)33)12-8-7-11-22-9-3-1-4-10-22;1-21(2)30(22(3)4)18-17-26(24-13-9-6-10-14-24)27-19-25(29)15-16-28(27)31-20-23-11-7-5-8-12-23/h1-6,9-10,13-20H,7-8,11-12,21H2,(H,31,32,33);5-16,19,21-22,26H,17-18,20H2,1-4H3. The van der Waals surface area contributed by atoms with Gasteiger partial charge >= 0.3 is 0 Å². The van der Waals surface area contributed by atoms with Crippen LogP contribution in [0.4, 0.5) is 0 Å². The summed E-state index contributed by atoms with van der Waals surface area (Å²) in [4.78, 5) is 2.44. The van der Waals surface area contributed by atoms with E-state index in [-0.39, 0.29) is 10.8 Å². The second-order valence-corrected chi connectivity index (χ2v) is 20.3. The van der Waals surface area contributed by atoms with Crippen molar-refractivity contribution in [3.05, 3.63) is 218 Å². The minimum absolute atomic E-state index is 0.131. The Hall–Kier alpha value is -5.03. The van der Waals surface area contributed by atoms with Crippen LogP contribution in [0.25, 0.3) is 11.1 Å². The number of unbranched alkanes of at least 4 members (excludes halogenated alkanes) is 1. The van der Waals surface area contributed by atoms with Crippen molar-refractivity contribution in [2.24, 2.45) is 0 Å². The molecule has 0 aliphatic rings. The van der Waals surface area contributed by atoms with Crippen molar-refractivity contribution in [1.29, 1.82) is 0 Å². The number of hydrogen-bond donors (Lipinski definition) is 1. The van der Waals surface area contributed by atoms with Crippen LogP contribution in [0, 0.1) is 0 Å². The number of rotatable bonds is 20. The van der Waals surface area contributed by atoms with E-state index in [2.05, 4.69) is 149 Å². The first-order valence-corrected chi connectivity index (χ1v) is 25.8. The third kappa shape index (κ3) is 15.3. The van der Waals surface area contributed by atoms with Crippen LogP contribution in [0.3, 0.4) is 0 Å². The molecule has 1 atom stereocenters. The van der Waals surface area contributed by atoms with Crippen LogP contribution >= 0.6 is 31.9 Å². The van der Waals surface area contributed by atoms with Crippen molar-refractivity contribution < 1.29 is 22.4 Å². The maximum absolute atomic E-state index is 12.2. The maximum Gasteiger partial charge on any atom is 0.295 e. The fourth-order valence-corrected chi connectivity index (χ4v) is 9.71. The highest BCUT2D eigenvalue weighted by Crippen LogP contribution is 2.39. The third-order valence-electron chi connectivity index (χ3n) is 11.6. The van der Waals surface area contributed by atoms with Gasteiger partial charge in [-0.25, -0.2) is 0 Å². The molecule has 0 fully saturated rings. The van der Waals surface area contributed by atoms with E-state index in [4.69, 9.17) is 9.47 Å². The number of benzene rings is 7. The normalized spacial score (nSPS) is 11.9. The number of aryl methyl sites for hydroxylation is 2. The maximum atomic E-state index is 12.2. The third-order valence-corrected chi connectivity index (χ3v) is 13.5. The predicted molar refractivity (Wildman–Crippen MR) is 278 cm³/mol. The first-order valence-electron chi connectivity index (χ1n) is 22.7. The van der Waals surface area contributed by atoms with Gasteiger partial charge in [0.1, 0.15) is 29.6 Å². The Bertz CT molecular complexity index is 2660. The molecule has 0 heterocycles. The van der Waals surface area contributed by atoms with Crippen LogP contribution < -0.4 is 9.47 Å². The van der Waals surface area contributed by atoms with Crippen molar-refractivity contribution >= 4 is 42.0 Å². The largest absolute Gasteiger partial charge is 0.489 e. The van der Waals surface area contributed by atoms with E-state index in [0.29, 0.717) is 42.2 Å². The lowest BCUT2D eigenvalue weighted by molar-refractivity contribution is 0.170. The van der Waals surface area contributed by atoms with E-state index in [9.17, 15) is 13.0 Å². The summed E-state index contributed by atoms with van der Waals surface area (Å²) >= 11 is 7.18. The van der Waals surface area contributed by atoms with E-state index >= 15 is 0 Å². The Morgan fingerprint density at radius 2 is 1.02 bits per heavy atom. The molecule has 7 rings (SSSR count). The van der Waals surface area contributed by atoms with Gasteiger partial charge in [-0.2, -0.15) is 8.42 Å². The molecule has 1 N–H and O–H groups in total. The molecule has 0 amide bonds. The summed E-state index contributed by atoms with van der Waals surface area (Å²) < 4.78 is 48.7. The van der Waals surface area contributed by atoms with E-state index in [1.165, 1.54) is 28.3 Å². The highest BCUT2D eigenvalue weighted by Gasteiger charge is 2.23. The lowest BCUT2D eigenvalue weighted by Gasteiger charge is -2.32. The lowest BCUT2D eigenvalue weighted by Crippen LogP contribution is -2.38. The summed E-state index contributed by atoms with van der Waals surface area (Å²) in [6.07, 6.45) is 4.84. The molecule has 0 saturated carbocycles. The molecule has 66 heavy (non-hydrogen) atoms. The van der Waals surface area contributed by atoms with Crippen molar-refractivity contribution in [3.63, 3.8) is 0 Å². The van der Waals surface area contributed by atoms with E-state index in [1.807, 2.05) is 78.9 Å². The summed E-state index contributed by atoms with van der Waals surface area (Å²) in [6, 6.07) is 59.4. The van der Waals surface area contributed by atoms with Gasteiger partial charge in [-0.3, -0.25) is 9.45 Å². The summed E-state index contributed by atoms with van der Waals surface area (Å²) in [5.74, 6) is 1.77. The SMILES string of the molecule is CC(C)N(CCC(c1ccccc1)c1cc(Br)ccc1OCc1ccccc1)C(C)C.O=S(=O)(O)c1ccc(CCCCc2ccccc2)cc1-c1cc(Br)ccc1OCc1ccccc1. The average molecular weight is 1030 g/mol. The molecule has 0 aliphatic carbocycles. The van der Waals surface area contributed by atoms with Crippen molar-refractivity contribution in [2.75, 3.05) is 6.54 Å². The zero-order valence-electron chi connectivity index (χ0n) is 38.3. The molecule has 0 aliphatic heterocycles. The van der Waals surface area contributed by atoms with E-state index in [0.717, 1.165) is 64.5 Å². The van der Waals surface area contributed by atoms with Crippen LogP contribution in [0.1, 0.15) is 86.3 Å². The summed E-state index contributed by atoms with van der Waals surface area (Å²) in [6.45, 7) is 11.1. The van der Waals surface area contributed by atoms with Gasteiger partial charge < -0.3 is 9.47 Å². The summed E-state index contributed by atoms with van der Waals surface area (Å²) in [5, 5.41) is 0. The Labute approximate surface area is 410 Å². The topological polar surface area (TPSA) is 76.1 Å².